The summed E-state index contributed by atoms with van der Waals surface area (Å²) in [5.74, 6) is 0.00664. The molecule has 1 aliphatic rings. The molecule has 1 fully saturated rings. The highest BCUT2D eigenvalue weighted by molar-refractivity contribution is 5.94. The normalized spacial score (nSPS) is 14.4. The lowest BCUT2D eigenvalue weighted by atomic mass is 10.1. The summed E-state index contributed by atoms with van der Waals surface area (Å²) in [4.78, 5) is 16.8. The first kappa shape index (κ1) is 16.1. The van der Waals surface area contributed by atoms with Gasteiger partial charge in [0.05, 0.1) is 11.6 Å². The van der Waals surface area contributed by atoms with Crippen molar-refractivity contribution in [3.05, 3.63) is 64.7 Å². The molecule has 1 amide bonds. The number of amides is 1. The summed E-state index contributed by atoms with van der Waals surface area (Å²) in [6.07, 6.45) is 0. The molecule has 0 spiro atoms. The number of nitrogens with zero attached hydrogens (tertiary/aromatic N) is 3. The Morgan fingerprint density at radius 1 is 1.00 bits per heavy atom. The summed E-state index contributed by atoms with van der Waals surface area (Å²) in [6, 6.07) is 15.6. The smallest absolute Gasteiger partial charge is 0.254 e. The standard InChI is InChI=1S/C20H21N3O/c1-15-10-16(2)12-19(11-15)22-6-8-23(9-7-22)20(24)18-5-3-4-17(13-18)14-21/h3-5,10-13H,6-9H2,1-2H3. The van der Waals surface area contributed by atoms with E-state index in [2.05, 4.69) is 43.0 Å². The van der Waals surface area contributed by atoms with Gasteiger partial charge in [0.15, 0.2) is 0 Å². The van der Waals surface area contributed by atoms with E-state index in [-0.39, 0.29) is 5.91 Å². The molecule has 3 rings (SSSR count). The minimum atomic E-state index is 0.00664. The highest BCUT2D eigenvalue weighted by Gasteiger charge is 2.22. The van der Waals surface area contributed by atoms with Crippen molar-refractivity contribution in [2.75, 3.05) is 31.1 Å². The first-order valence-electron chi connectivity index (χ1n) is 8.19. The second-order valence-electron chi connectivity index (χ2n) is 6.32. The molecule has 0 radical (unpaired) electrons. The minimum absolute atomic E-state index is 0.00664. The van der Waals surface area contributed by atoms with Gasteiger partial charge in [-0.05, 0) is 55.3 Å². The second-order valence-corrected chi connectivity index (χ2v) is 6.32. The van der Waals surface area contributed by atoms with Gasteiger partial charge in [0.1, 0.15) is 0 Å². The summed E-state index contributed by atoms with van der Waals surface area (Å²) >= 11 is 0. The van der Waals surface area contributed by atoms with E-state index in [9.17, 15) is 4.79 Å². The van der Waals surface area contributed by atoms with Crippen molar-refractivity contribution in [2.24, 2.45) is 0 Å². The van der Waals surface area contributed by atoms with E-state index >= 15 is 0 Å². The number of piperazine rings is 1. The Balaban J connectivity index is 1.68. The van der Waals surface area contributed by atoms with Crippen LogP contribution in [0.5, 0.6) is 0 Å². The van der Waals surface area contributed by atoms with Crippen LogP contribution in [0.3, 0.4) is 0 Å². The van der Waals surface area contributed by atoms with Crippen molar-refractivity contribution >= 4 is 11.6 Å². The van der Waals surface area contributed by atoms with E-state index < -0.39 is 0 Å². The third-order valence-corrected chi connectivity index (χ3v) is 4.38. The Labute approximate surface area is 142 Å². The molecule has 0 atom stereocenters. The minimum Gasteiger partial charge on any atom is -0.368 e. The molecule has 1 saturated heterocycles. The number of hydrogen-bond donors (Lipinski definition) is 0. The zero-order chi connectivity index (χ0) is 17.1. The zero-order valence-corrected chi connectivity index (χ0v) is 14.1. The van der Waals surface area contributed by atoms with Gasteiger partial charge >= 0.3 is 0 Å². The Hall–Kier alpha value is -2.80. The van der Waals surface area contributed by atoms with Gasteiger partial charge in [-0.25, -0.2) is 0 Å². The number of benzene rings is 2. The molecular weight excluding hydrogens is 298 g/mol. The maximum Gasteiger partial charge on any atom is 0.254 e. The highest BCUT2D eigenvalue weighted by atomic mass is 16.2. The number of carbonyl (C=O) groups excluding carboxylic acids is 1. The highest BCUT2D eigenvalue weighted by Crippen LogP contribution is 2.21. The van der Waals surface area contributed by atoms with Gasteiger partial charge in [0, 0.05) is 37.4 Å². The first-order valence-corrected chi connectivity index (χ1v) is 8.19. The van der Waals surface area contributed by atoms with Crippen LogP contribution in [-0.4, -0.2) is 37.0 Å². The zero-order valence-electron chi connectivity index (χ0n) is 14.1. The molecule has 1 aliphatic heterocycles. The SMILES string of the molecule is Cc1cc(C)cc(N2CCN(C(=O)c3cccc(C#N)c3)CC2)c1. The molecule has 2 aromatic rings. The van der Waals surface area contributed by atoms with Crippen LogP contribution in [0.4, 0.5) is 5.69 Å². The Morgan fingerprint density at radius 3 is 2.29 bits per heavy atom. The molecule has 4 heteroatoms. The van der Waals surface area contributed by atoms with Gasteiger partial charge in [-0.1, -0.05) is 12.1 Å². The third-order valence-electron chi connectivity index (χ3n) is 4.38. The van der Waals surface area contributed by atoms with Crippen LogP contribution in [0.2, 0.25) is 0 Å². The van der Waals surface area contributed by atoms with E-state index in [1.165, 1.54) is 16.8 Å². The predicted octanol–water partition coefficient (Wildman–Crippen LogP) is 3.14. The number of nitriles is 1. The Bertz CT molecular complexity index is 779. The molecule has 0 unspecified atom stereocenters. The van der Waals surface area contributed by atoms with Crippen molar-refractivity contribution in [1.82, 2.24) is 4.90 Å². The summed E-state index contributed by atoms with van der Waals surface area (Å²) in [5.41, 5.74) is 4.86. The number of anilines is 1. The van der Waals surface area contributed by atoms with Crippen LogP contribution in [0.1, 0.15) is 27.0 Å². The van der Waals surface area contributed by atoms with Crippen LogP contribution in [-0.2, 0) is 0 Å². The van der Waals surface area contributed by atoms with Gasteiger partial charge in [0.2, 0.25) is 0 Å². The van der Waals surface area contributed by atoms with E-state index in [0.29, 0.717) is 24.2 Å². The second kappa shape index (κ2) is 6.76. The third kappa shape index (κ3) is 3.41. The van der Waals surface area contributed by atoms with Crippen LogP contribution < -0.4 is 4.90 Å². The molecule has 0 N–H and O–H groups in total. The lowest BCUT2D eigenvalue weighted by Gasteiger charge is -2.36. The fourth-order valence-electron chi connectivity index (χ4n) is 3.21. The maximum absolute atomic E-state index is 12.6. The van der Waals surface area contributed by atoms with E-state index in [0.717, 1.165) is 13.1 Å². The van der Waals surface area contributed by atoms with Gasteiger partial charge in [-0.3, -0.25) is 4.79 Å². The fourth-order valence-corrected chi connectivity index (χ4v) is 3.21. The lowest BCUT2D eigenvalue weighted by molar-refractivity contribution is 0.0746. The molecular formula is C20H21N3O. The molecule has 0 bridgehead atoms. The van der Waals surface area contributed by atoms with Crippen LogP contribution in [0, 0.1) is 25.2 Å². The maximum atomic E-state index is 12.6. The predicted molar refractivity (Wildman–Crippen MR) is 95.2 cm³/mol. The van der Waals surface area contributed by atoms with E-state index in [1.54, 1.807) is 24.3 Å². The topological polar surface area (TPSA) is 47.3 Å². The van der Waals surface area contributed by atoms with E-state index in [4.69, 9.17) is 5.26 Å². The molecule has 0 saturated carbocycles. The summed E-state index contributed by atoms with van der Waals surface area (Å²) in [5, 5.41) is 8.98. The monoisotopic (exact) mass is 319 g/mol. The summed E-state index contributed by atoms with van der Waals surface area (Å²) in [7, 11) is 0. The lowest BCUT2D eigenvalue weighted by Crippen LogP contribution is -2.48. The largest absolute Gasteiger partial charge is 0.368 e. The Kier molecular flexibility index (Phi) is 4.52. The first-order chi connectivity index (χ1) is 11.6. The molecule has 0 aliphatic carbocycles. The number of hydrogen-bond acceptors (Lipinski definition) is 3. The Morgan fingerprint density at radius 2 is 1.67 bits per heavy atom. The van der Waals surface area contributed by atoms with Gasteiger partial charge in [-0.15, -0.1) is 0 Å². The van der Waals surface area contributed by atoms with Gasteiger partial charge in [0.25, 0.3) is 5.91 Å². The molecule has 122 valence electrons. The molecule has 0 aromatic heterocycles. The fraction of sp³-hybridized carbons (Fsp3) is 0.300. The van der Waals surface area contributed by atoms with Gasteiger partial charge in [-0.2, -0.15) is 5.26 Å². The quantitative estimate of drug-likeness (QED) is 0.854. The average Bonchev–Trinajstić information content (AvgIpc) is 2.60. The molecule has 24 heavy (non-hydrogen) atoms. The van der Waals surface area contributed by atoms with E-state index in [1.807, 2.05) is 4.90 Å². The van der Waals surface area contributed by atoms with Gasteiger partial charge < -0.3 is 9.80 Å². The molecule has 2 aromatic carbocycles. The van der Waals surface area contributed by atoms with Crippen LogP contribution in [0.25, 0.3) is 0 Å². The average molecular weight is 319 g/mol. The van der Waals surface area contributed by atoms with Crippen molar-refractivity contribution in [1.29, 1.82) is 5.26 Å². The van der Waals surface area contributed by atoms with Crippen molar-refractivity contribution < 1.29 is 4.79 Å². The molecule has 1 heterocycles. The van der Waals surface area contributed by atoms with Crippen molar-refractivity contribution in [3.8, 4) is 6.07 Å². The van der Waals surface area contributed by atoms with Crippen molar-refractivity contribution in [2.45, 2.75) is 13.8 Å². The molecule has 4 nitrogen and oxygen atoms in total. The number of rotatable bonds is 2. The van der Waals surface area contributed by atoms with Crippen molar-refractivity contribution in [3.63, 3.8) is 0 Å². The van der Waals surface area contributed by atoms with Crippen LogP contribution >= 0.6 is 0 Å². The number of carbonyl (C=O) groups is 1. The summed E-state index contributed by atoms with van der Waals surface area (Å²) in [6.45, 7) is 7.27. The van der Waals surface area contributed by atoms with Crippen LogP contribution in [0.15, 0.2) is 42.5 Å². The summed E-state index contributed by atoms with van der Waals surface area (Å²) < 4.78 is 0. The number of aryl methyl sites for hydroxylation is 2.